The van der Waals surface area contributed by atoms with E-state index in [4.69, 9.17) is 0 Å². The van der Waals surface area contributed by atoms with Crippen LogP contribution in [0.15, 0.2) is 29.2 Å². The van der Waals surface area contributed by atoms with Crippen LogP contribution in [0.1, 0.15) is 24.8 Å². The fourth-order valence-electron chi connectivity index (χ4n) is 3.31. The summed E-state index contributed by atoms with van der Waals surface area (Å²) >= 11 is 0. The smallest absolute Gasteiger partial charge is 0.207 e. The summed E-state index contributed by atoms with van der Waals surface area (Å²) < 4.78 is 26.8. The largest absolute Gasteiger partial charge is 0.243 e. The highest BCUT2D eigenvalue weighted by Crippen LogP contribution is 2.39. The van der Waals surface area contributed by atoms with E-state index in [1.54, 1.807) is 16.4 Å². The standard InChI is InChI=1S/C14H19NO2S/c1-11-4-2-7-14(8-11)18(16,17)15-9-12-5-3-6-13(12)10-15/h2,4,7-8,12-13H,3,5-6,9-10H2,1H3. The molecule has 2 unspecified atom stereocenters. The van der Waals surface area contributed by atoms with E-state index in [1.165, 1.54) is 19.3 Å². The van der Waals surface area contributed by atoms with Gasteiger partial charge in [-0.05, 0) is 49.3 Å². The molecule has 0 amide bonds. The zero-order valence-electron chi connectivity index (χ0n) is 10.7. The summed E-state index contributed by atoms with van der Waals surface area (Å²) in [5.41, 5.74) is 0.996. The van der Waals surface area contributed by atoms with Crippen molar-refractivity contribution in [2.45, 2.75) is 31.1 Å². The molecular weight excluding hydrogens is 246 g/mol. The number of aryl methyl sites for hydroxylation is 1. The molecule has 98 valence electrons. The third-order valence-electron chi connectivity index (χ3n) is 4.32. The van der Waals surface area contributed by atoms with Crippen molar-refractivity contribution < 1.29 is 8.42 Å². The maximum atomic E-state index is 12.5. The number of sulfonamides is 1. The molecule has 1 saturated heterocycles. The molecule has 18 heavy (non-hydrogen) atoms. The second-order valence-corrected chi connectivity index (χ2v) is 7.53. The number of hydrogen-bond acceptors (Lipinski definition) is 2. The first-order valence-electron chi connectivity index (χ1n) is 6.64. The molecule has 0 aromatic heterocycles. The van der Waals surface area contributed by atoms with Gasteiger partial charge < -0.3 is 0 Å². The molecule has 0 radical (unpaired) electrons. The van der Waals surface area contributed by atoms with Crippen LogP contribution in [0.5, 0.6) is 0 Å². The van der Waals surface area contributed by atoms with Crippen molar-refractivity contribution in [3.63, 3.8) is 0 Å². The van der Waals surface area contributed by atoms with Gasteiger partial charge in [-0.25, -0.2) is 8.42 Å². The minimum atomic E-state index is -3.27. The molecule has 0 spiro atoms. The van der Waals surface area contributed by atoms with Crippen LogP contribution in [0.2, 0.25) is 0 Å². The van der Waals surface area contributed by atoms with Crippen molar-refractivity contribution in [1.82, 2.24) is 4.31 Å². The Hall–Kier alpha value is -0.870. The molecule has 1 saturated carbocycles. The molecular formula is C14H19NO2S. The van der Waals surface area contributed by atoms with Crippen LogP contribution >= 0.6 is 0 Å². The van der Waals surface area contributed by atoms with Gasteiger partial charge in [0.2, 0.25) is 10.0 Å². The van der Waals surface area contributed by atoms with Gasteiger partial charge in [-0.2, -0.15) is 4.31 Å². The Kier molecular flexibility index (Phi) is 2.94. The van der Waals surface area contributed by atoms with Gasteiger partial charge in [0.25, 0.3) is 0 Å². The zero-order valence-corrected chi connectivity index (χ0v) is 11.5. The molecule has 2 aliphatic rings. The predicted octanol–water partition coefficient (Wildman–Crippen LogP) is 2.42. The highest BCUT2D eigenvalue weighted by Gasteiger charge is 2.41. The fourth-order valence-corrected chi connectivity index (χ4v) is 4.97. The van der Waals surface area contributed by atoms with E-state index in [0.29, 0.717) is 16.7 Å². The SMILES string of the molecule is Cc1cccc(S(=O)(=O)N2CC3CCCC3C2)c1. The molecule has 3 nitrogen and oxygen atoms in total. The topological polar surface area (TPSA) is 37.4 Å². The van der Waals surface area contributed by atoms with Gasteiger partial charge in [0.05, 0.1) is 4.90 Å². The maximum Gasteiger partial charge on any atom is 0.243 e. The van der Waals surface area contributed by atoms with Crippen LogP contribution in [0, 0.1) is 18.8 Å². The molecule has 2 fully saturated rings. The molecule has 1 aromatic carbocycles. The average Bonchev–Trinajstić information content (AvgIpc) is 2.89. The first-order chi connectivity index (χ1) is 8.57. The first kappa shape index (κ1) is 12.2. The summed E-state index contributed by atoms with van der Waals surface area (Å²) in [4.78, 5) is 0.447. The summed E-state index contributed by atoms with van der Waals surface area (Å²) in [5.74, 6) is 1.20. The Morgan fingerprint density at radius 3 is 2.44 bits per heavy atom. The third kappa shape index (κ3) is 1.97. The zero-order chi connectivity index (χ0) is 12.8. The number of benzene rings is 1. The number of hydrogen-bond donors (Lipinski definition) is 0. The first-order valence-corrected chi connectivity index (χ1v) is 8.08. The summed E-state index contributed by atoms with van der Waals surface area (Å²) in [6.45, 7) is 3.37. The highest BCUT2D eigenvalue weighted by molar-refractivity contribution is 7.89. The van der Waals surface area contributed by atoms with Gasteiger partial charge in [0.1, 0.15) is 0 Å². The van der Waals surface area contributed by atoms with E-state index in [1.807, 2.05) is 19.1 Å². The van der Waals surface area contributed by atoms with Gasteiger partial charge >= 0.3 is 0 Å². The number of fused-ring (bicyclic) bond motifs is 1. The lowest BCUT2D eigenvalue weighted by Gasteiger charge is -2.17. The minimum Gasteiger partial charge on any atom is -0.207 e. The molecule has 1 aliphatic heterocycles. The second-order valence-electron chi connectivity index (χ2n) is 5.59. The minimum absolute atomic E-state index is 0.447. The Balaban J connectivity index is 1.87. The lowest BCUT2D eigenvalue weighted by atomic mass is 10.0. The summed E-state index contributed by atoms with van der Waals surface area (Å²) in [6.07, 6.45) is 3.67. The van der Waals surface area contributed by atoms with Crippen LogP contribution in [0.4, 0.5) is 0 Å². The van der Waals surface area contributed by atoms with Crippen molar-refractivity contribution >= 4 is 10.0 Å². The van der Waals surface area contributed by atoms with Crippen molar-refractivity contribution in [2.75, 3.05) is 13.1 Å². The van der Waals surface area contributed by atoms with Crippen LogP contribution in [0.25, 0.3) is 0 Å². The quantitative estimate of drug-likeness (QED) is 0.823. The predicted molar refractivity (Wildman–Crippen MR) is 70.8 cm³/mol. The van der Waals surface area contributed by atoms with Crippen LogP contribution in [-0.2, 0) is 10.0 Å². The molecule has 0 bridgehead atoms. The molecule has 1 aromatic rings. The normalized spacial score (nSPS) is 28.5. The molecule has 0 N–H and O–H groups in total. The van der Waals surface area contributed by atoms with Crippen LogP contribution in [-0.4, -0.2) is 25.8 Å². The summed E-state index contributed by atoms with van der Waals surface area (Å²) in [7, 11) is -3.27. The van der Waals surface area contributed by atoms with Crippen LogP contribution in [0.3, 0.4) is 0 Å². The Bertz CT molecular complexity index is 541. The summed E-state index contributed by atoms with van der Waals surface area (Å²) in [6, 6.07) is 7.22. The Morgan fingerprint density at radius 1 is 1.17 bits per heavy atom. The van der Waals surface area contributed by atoms with Crippen LogP contribution < -0.4 is 0 Å². The fraction of sp³-hybridized carbons (Fsp3) is 0.571. The highest BCUT2D eigenvalue weighted by atomic mass is 32.2. The average molecular weight is 265 g/mol. The van der Waals surface area contributed by atoms with E-state index in [-0.39, 0.29) is 0 Å². The summed E-state index contributed by atoms with van der Waals surface area (Å²) in [5, 5.41) is 0. The van der Waals surface area contributed by atoms with Crippen molar-refractivity contribution in [3.8, 4) is 0 Å². The van der Waals surface area contributed by atoms with Crippen molar-refractivity contribution in [1.29, 1.82) is 0 Å². The lowest BCUT2D eigenvalue weighted by molar-refractivity contribution is 0.445. The number of nitrogens with zero attached hydrogens (tertiary/aromatic N) is 1. The van der Waals surface area contributed by atoms with Gasteiger partial charge in [-0.1, -0.05) is 18.6 Å². The third-order valence-corrected chi connectivity index (χ3v) is 6.15. The molecule has 1 aliphatic carbocycles. The Labute approximate surface area is 109 Å². The molecule has 4 heteroatoms. The lowest BCUT2D eigenvalue weighted by Crippen LogP contribution is -2.29. The molecule has 2 atom stereocenters. The second kappa shape index (κ2) is 4.35. The van der Waals surface area contributed by atoms with E-state index in [2.05, 4.69) is 0 Å². The monoisotopic (exact) mass is 265 g/mol. The van der Waals surface area contributed by atoms with E-state index >= 15 is 0 Å². The molecule has 1 heterocycles. The van der Waals surface area contributed by atoms with Gasteiger partial charge in [-0.3, -0.25) is 0 Å². The molecule has 3 rings (SSSR count). The van der Waals surface area contributed by atoms with Gasteiger partial charge in [-0.15, -0.1) is 0 Å². The van der Waals surface area contributed by atoms with E-state index < -0.39 is 10.0 Å². The van der Waals surface area contributed by atoms with Gasteiger partial charge in [0.15, 0.2) is 0 Å². The Morgan fingerprint density at radius 2 is 1.83 bits per heavy atom. The van der Waals surface area contributed by atoms with Gasteiger partial charge in [0, 0.05) is 13.1 Å². The number of rotatable bonds is 2. The van der Waals surface area contributed by atoms with Crippen molar-refractivity contribution in [3.05, 3.63) is 29.8 Å². The van der Waals surface area contributed by atoms with Crippen molar-refractivity contribution in [2.24, 2.45) is 11.8 Å². The van der Waals surface area contributed by atoms with E-state index in [9.17, 15) is 8.42 Å². The maximum absolute atomic E-state index is 12.5. The van der Waals surface area contributed by atoms with E-state index in [0.717, 1.165) is 18.7 Å².